The van der Waals surface area contributed by atoms with Crippen LogP contribution in [0.5, 0.6) is 0 Å². The number of unbranched alkanes of at least 4 members (excludes halogenated alkanes) is 12. The molecule has 0 spiro atoms. The zero-order valence-corrected chi connectivity index (χ0v) is 16.0. The van der Waals surface area contributed by atoms with Gasteiger partial charge in [0.25, 0.3) is 10.1 Å². The van der Waals surface area contributed by atoms with Crippen molar-refractivity contribution in [1.29, 1.82) is 0 Å². The molecule has 0 heterocycles. The third-order valence-corrected chi connectivity index (χ3v) is 4.72. The van der Waals surface area contributed by atoms with Crippen molar-refractivity contribution in [1.82, 2.24) is 6.15 Å². The van der Waals surface area contributed by atoms with Gasteiger partial charge < -0.3 is 6.15 Å². The summed E-state index contributed by atoms with van der Waals surface area (Å²) in [6.07, 6.45) is 21.4. The second-order valence-corrected chi connectivity index (χ2v) is 7.80. The fraction of sp³-hybridized carbons (Fsp3) is 0.889. The average molecular weight is 350 g/mol. The van der Waals surface area contributed by atoms with Gasteiger partial charge >= 0.3 is 0 Å². The maximum absolute atomic E-state index is 10.5. The molecule has 0 bridgehead atoms. The molecular weight excluding hydrogens is 310 g/mol. The minimum Gasteiger partial charge on any atom is -0.344 e. The largest absolute Gasteiger partial charge is 0.344 e. The van der Waals surface area contributed by atoms with Gasteiger partial charge in [0.05, 0.1) is 5.75 Å². The molecule has 0 saturated heterocycles. The maximum atomic E-state index is 10.5. The summed E-state index contributed by atoms with van der Waals surface area (Å²) >= 11 is 0. The Morgan fingerprint density at radius 3 is 1.52 bits per heavy atom. The van der Waals surface area contributed by atoms with E-state index in [9.17, 15) is 8.42 Å². The first-order valence-corrected chi connectivity index (χ1v) is 10.8. The van der Waals surface area contributed by atoms with Crippen LogP contribution in [0.3, 0.4) is 0 Å². The van der Waals surface area contributed by atoms with Crippen molar-refractivity contribution in [3.05, 3.63) is 12.2 Å². The minimum absolute atomic E-state index is 0. The highest BCUT2D eigenvalue weighted by Gasteiger charge is 2.02. The molecule has 0 radical (unpaired) electrons. The molecule has 0 aromatic rings. The molecule has 0 atom stereocenters. The summed E-state index contributed by atoms with van der Waals surface area (Å²) in [5.41, 5.74) is 0. The molecule has 4 nitrogen and oxygen atoms in total. The van der Waals surface area contributed by atoms with Gasteiger partial charge in [-0.05, 0) is 32.1 Å². The molecule has 0 aliphatic carbocycles. The van der Waals surface area contributed by atoms with E-state index in [1.807, 2.05) is 0 Å². The van der Waals surface area contributed by atoms with E-state index < -0.39 is 10.1 Å². The van der Waals surface area contributed by atoms with Crippen LogP contribution in [-0.2, 0) is 10.1 Å². The molecule has 0 aromatic carbocycles. The smallest absolute Gasteiger partial charge is 0.264 e. The monoisotopic (exact) mass is 349 g/mol. The van der Waals surface area contributed by atoms with Gasteiger partial charge in [-0.1, -0.05) is 76.9 Å². The summed E-state index contributed by atoms with van der Waals surface area (Å²) in [5.74, 6) is -0.0891. The van der Waals surface area contributed by atoms with Gasteiger partial charge in [-0.3, -0.25) is 4.55 Å². The van der Waals surface area contributed by atoms with Crippen LogP contribution in [0.4, 0.5) is 0 Å². The van der Waals surface area contributed by atoms with Crippen molar-refractivity contribution in [2.45, 2.75) is 96.8 Å². The first-order valence-electron chi connectivity index (χ1n) is 9.16. The molecule has 0 rings (SSSR count). The van der Waals surface area contributed by atoms with Crippen molar-refractivity contribution in [3.63, 3.8) is 0 Å². The van der Waals surface area contributed by atoms with Crippen LogP contribution in [-0.4, -0.2) is 18.7 Å². The predicted molar refractivity (Wildman–Crippen MR) is 101 cm³/mol. The molecule has 0 aromatic heterocycles. The van der Waals surface area contributed by atoms with Crippen LogP contribution >= 0.6 is 0 Å². The highest BCUT2D eigenvalue weighted by molar-refractivity contribution is 7.85. The van der Waals surface area contributed by atoms with Crippen molar-refractivity contribution >= 4 is 10.1 Å². The van der Waals surface area contributed by atoms with Crippen molar-refractivity contribution < 1.29 is 13.0 Å². The molecule has 0 fully saturated rings. The van der Waals surface area contributed by atoms with Crippen LogP contribution in [0.1, 0.15) is 96.8 Å². The molecule has 140 valence electrons. The highest BCUT2D eigenvalue weighted by Crippen LogP contribution is 2.10. The summed E-state index contributed by atoms with van der Waals surface area (Å²) in [7, 11) is -3.75. The van der Waals surface area contributed by atoms with Crippen LogP contribution in [0, 0.1) is 0 Å². The van der Waals surface area contributed by atoms with Gasteiger partial charge in [-0.25, -0.2) is 0 Å². The Morgan fingerprint density at radius 1 is 0.696 bits per heavy atom. The molecule has 0 unspecified atom stereocenters. The van der Waals surface area contributed by atoms with E-state index in [4.69, 9.17) is 4.55 Å². The zero-order valence-electron chi connectivity index (χ0n) is 15.1. The summed E-state index contributed by atoms with van der Waals surface area (Å²) in [6.45, 7) is 2.25. The van der Waals surface area contributed by atoms with E-state index in [2.05, 4.69) is 19.1 Å². The summed E-state index contributed by atoms with van der Waals surface area (Å²) in [6, 6.07) is 0. The van der Waals surface area contributed by atoms with Crippen molar-refractivity contribution in [2.24, 2.45) is 0 Å². The number of allylic oxidation sites excluding steroid dienone is 2. The Kier molecular flexibility index (Phi) is 19.4. The molecule has 0 amide bonds. The van der Waals surface area contributed by atoms with Crippen LogP contribution in [0.15, 0.2) is 12.2 Å². The van der Waals surface area contributed by atoms with Gasteiger partial charge in [0.15, 0.2) is 0 Å². The van der Waals surface area contributed by atoms with E-state index in [1.54, 1.807) is 0 Å². The second kappa shape index (κ2) is 18.0. The maximum Gasteiger partial charge on any atom is 0.264 e. The lowest BCUT2D eigenvalue weighted by Crippen LogP contribution is -2.03. The van der Waals surface area contributed by atoms with Gasteiger partial charge in [0, 0.05) is 0 Å². The number of hydrogen-bond acceptors (Lipinski definition) is 3. The summed E-state index contributed by atoms with van der Waals surface area (Å²) in [5, 5.41) is 0. The Morgan fingerprint density at radius 2 is 1.09 bits per heavy atom. The SMILES string of the molecule is CCCCCCCC/C=C\CCCCCCCCS(=O)(=O)O.N. The summed E-state index contributed by atoms with van der Waals surface area (Å²) < 4.78 is 29.7. The lowest BCUT2D eigenvalue weighted by atomic mass is 10.1. The van der Waals surface area contributed by atoms with Crippen molar-refractivity contribution in [3.8, 4) is 0 Å². The fourth-order valence-corrected chi connectivity index (χ4v) is 3.10. The van der Waals surface area contributed by atoms with Crippen LogP contribution < -0.4 is 6.15 Å². The van der Waals surface area contributed by atoms with Gasteiger partial charge in [0.2, 0.25) is 0 Å². The Labute approximate surface area is 144 Å². The molecule has 0 aliphatic rings. The van der Waals surface area contributed by atoms with E-state index in [0.29, 0.717) is 6.42 Å². The highest BCUT2D eigenvalue weighted by atomic mass is 32.2. The summed E-state index contributed by atoms with van der Waals surface area (Å²) in [4.78, 5) is 0. The first-order chi connectivity index (χ1) is 10.6. The van der Waals surface area contributed by atoms with E-state index in [1.165, 1.54) is 64.2 Å². The van der Waals surface area contributed by atoms with Gasteiger partial charge in [0.1, 0.15) is 0 Å². The lowest BCUT2D eigenvalue weighted by Gasteiger charge is -2.00. The van der Waals surface area contributed by atoms with Crippen molar-refractivity contribution in [2.75, 3.05) is 5.75 Å². The minimum atomic E-state index is -3.75. The fourth-order valence-electron chi connectivity index (χ4n) is 2.53. The molecular formula is C18H39NO3S. The zero-order chi connectivity index (χ0) is 16.5. The molecule has 23 heavy (non-hydrogen) atoms. The van der Waals surface area contributed by atoms with Gasteiger partial charge in [-0.2, -0.15) is 8.42 Å². The predicted octanol–water partition coefficient (Wildman–Crippen LogP) is 6.07. The Balaban J connectivity index is 0. The number of rotatable bonds is 16. The topological polar surface area (TPSA) is 89.4 Å². The van der Waals surface area contributed by atoms with Crippen LogP contribution in [0.25, 0.3) is 0 Å². The Bertz CT molecular complexity index is 353. The van der Waals surface area contributed by atoms with E-state index in [-0.39, 0.29) is 11.9 Å². The third kappa shape index (κ3) is 24.0. The molecule has 5 heteroatoms. The van der Waals surface area contributed by atoms with E-state index >= 15 is 0 Å². The number of hydrogen-bond donors (Lipinski definition) is 2. The normalized spacial score (nSPS) is 11.7. The van der Waals surface area contributed by atoms with Gasteiger partial charge in [-0.15, -0.1) is 0 Å². The molecule has 0 saturated carbocycles. The Hall–Kier alpha value is -0.390. The second-order valence-electron chi connectivity index (χ2n) is 6.22. The van der Waals surface area contributed by atoms with E-state index in [0.717, 1.165) is 19.3 Å². The third-order valence-electron chi connectivity index (χ3n) is 3.91. The van der Waals surface area contributed by atoms with Crippen LogP contribution in [0.2, 0.25) is 0 Å². The average Bonchev–Trinajstić information content (AvgIpc) is 2.45. The molecule has 0 aliphatic heterocycles. The lowest BCUT2D eigenvalue weighted by molar-refractivity contribution is 0.478. The first kappa shape index (κ1) is 24.9. The quantitative estimate of drug-likeness (QED) is 0.201. The molecule has 4 N–H and O–H groups in total. The standard InChI is InChI=1S/C18H36O3S.H3N/c1-2-3-4-5-6-7-8-9-10-11-12-13-14-15-16-17-18-22(19,20)21;/h9-10H,2-8,11-18H2,1H3,(H,19,20,21);1H3/b10-9-;.